The van der Waals surface area contributed by atoms with E-state index in [2.05, 4.69) is 9.97 Å². The lowest BCUT2D eigenvalue weighted by Crippen LogP contribution is -2.52. The van der Waals surface area contributed by atoms with Crippen LogP contribution in [0.25, 0.3) is 0 Å². The Morgan fingerprint density at radius 2 is 1.20 bits per heavy atom. The lowest BCUT2D eigenvalue weighted by molar-refractivity contribution is -0.152. The summed E-state index contributed by atoms with van der Waals surface area (Å²) in [5, 5.41) is -0.368. The average molecular weight is 1010 g/mol. The molecule has 2 fully saturated rings. The molecule has 0 amide bonds. The van der Waals surface area contributed by atoms with Gasteiger partial charge in [0.1, 0.15) is 35.4 Å². The highest BCUT2D eigenvalue weighted by Gasteiger charge is 2.53. The lowest BCUT2D eigenvalue weighted by atomic mass is 9.80. The van der Waals surface area contributed by atoms with Gasteiger partial charge in [0.25, 0.3) is 11.1 Å². The number of alkyl halides is 4. The number of hydrogen-bond donors (Lipinski definition) is 2. The fourth-order valence-electron chi connectivity index (χ4n) is 9.10. The molecule has 21 heteroatoms. The zero-order valence-electron chi connectivity index (χ0n) is 40.8. The zero-order chi connectivity index (χ0) is 51.5. The van der Waals surface area contributed by atoms with Crippen molar-refractivity contribution in [1.82, 2.24) is 24.0 Å². The second-order valence-corrected chi connectivity index (χ2v) is 24.0. The van der Waals surface area contributed by atoms with Crippen molar-refractivity contribution in [3.8, 4) is 11.5 Å². The molecule has 2 aliphatic heterocycles. The molecule has 7 rings (SSSR count). The number of aromatic amines is 2. The molecule has 71 heavy (non-hydrogen) atoms. The van der Waals surface area contributed by atoms with Gasteiger partial charge >= 0.3 is 17.6 Å². The normalized spacial score (nSPS) is 23.1. The van der Waals surface area contributed by atoms with Gasteiger partial charge in [-0.2, -0.15) is 13.2 Å². The van der Waals surface area contributed by atoms with Gasteiger partial charge in [-0.1, -0.05) is 75.4 Å². The second kappa shape index (κ2) is 21.6. The maximum Gasteiger partial charge on any atom is 0.401 e. The fraction of sp³-hybridized carbons (Fsp3) is 0.480. The molecule has 2 saturated heterocycles. The van der Waals surface area contributed by atoms with Gasteiger partial charge in [-0.05, 0) is 72.1 Å². The predicted octanol–water partition coefficient (Wildman–Crippen LogP) is 6.52. The summed E-state index contributed by atoms with van der Waals surface area (Å²) in [4.78, 5) is 55.9. The van der Waals surface area contributed by atoms with Crippen LogP contribution in [0.4, 0.5) is 17.6 Å². The molecule has 0 unspecified atom stereocenters. The molecule has 4 heterocycles. The van der Waals surface area contributed by atoms with E-state index >= 15 is 4.39 Å². The summed E-state index contributed by atoms with van der Waals surface area (Å²) >= 11 is 0. The molecule has 0 saturated carbocycles. The van der Waals surface area contributed by atoms with Crippen LogP contribution >= 0.6 is 0 Å². The minimum Gasteiger partial charge on any atom is -0.497 e. The molecule has 0 radical (unpaired) electrons. The molecule has 0 bridgehead atoms. The Kier molecular flexibility index (Phi) is 16.1. The molecule has 2 aliphatic rings. The minimum absolute atomic E-state index is 0.250. The Balaban J connectivity index is 1.26. The van der Waals surface area contributed by atoms with Crippen LogP contribution in [0.1, 0.15) is 56.3 Å². The van der Waals surface area contributed by atoms with Gasteiger partial charge in [0.2, 0.25) is 0 Å². The fourth-order valence-corrected chi connectivity index (χ4v) is 10.4. The number of benzene rings is 3. The summed E-state index contributed by atoms with van der Waals surface area (Å²) in [6.07, 6.45) is -11.8. The third kappa shape index (κ3) is 11.7. The smallest absolute Gasteiger partial charge is 0.401 e. The first-order chi connectivity index (χ1) is 33.6. The van der Waals surface area contributed by atoms with E-state index in [1.54, 1.807) is 24.3 Å². The summed E-state index contributed by atoms with van der Waals surface area (Å²) in [7, 11) is 1.73. The van der Waals surface area contributed by atoms with Crippen molar-refractivity contribution in [2.24, 2.45) is 5.92 Å². The third-order valence-electron chi connectivity index (χ3n) is 13.8. The highest BCUT2D eigenvalue weighted by Crippen LogP contribution is 2.46. The second-order valence-electron chi connectivity index (χ2n) is 19.3. The van der Waals surface area contributed by atoms with Gasteiger partial charge in [0.05, 0.1) is 33.5 Å². The van der Waals surface area contributed by atoms with Crippen LogP contribution in [0, 0.1) is 5.92 Å². The van der Waals surface area contributed by atoms with E-state index in [1.807, 2.05) is 88.5 Å². The molecule has 0 aliphatic carbocycles. The number of nitrogens with one attached hydrogen (secondary N) is 2. The Morgan fingerprint density at radius 1 is 0.690 bits per heavy atom. The number of hydrogen-bond acceptors (Lipinski definition) is 12. The number of nitrogens with zero attached hydrogens (tertiary/aromatic N) is 3. The number of methoxy groups -OCH3 is 3. The zero-order valence-corrected chi connectivity index (χ0v) is 41.8. The maximum absolute atomic E-state index is 17.4. The quantitative estimate of drug-likeness (QED) is 0.0521. The first-order valence-corrected chi connectivity index (χ1v) is 26.1. The molecule has 2 aromatic heterocycles. The van der Waals surface area contributed by atoms with E-state index in [9.17, 15) is 32.3 Å². The monoisotopic (exact) mass is 1010 g/mol. The molecule has 8 atom stereocenters. The van der Waals surface area contributed by atoms with Crippen molar-refractivity contribution >= 4 is 8.32 Å². The van der Waals surface area contributed by atoms with Gasteiger partial charge in [-0.25, -0.2) is 14.0 Å². The molecule has 16 nitrogen and oxygen atoms in total. The summed E-state index contributed by atoms with van der Waals surface area (Å²) in [6, 6.07) is 25.8. The van der Waals surface area contributed by atoms with E-state index < -0.39 is 105 Å². The molecule has 384 valence electrons. The summed E-state index contributed by atoms with van der Waals surface area (Å²) in [5.41, 5.74) is -2.59. The van der Waals surface area contributed by atoms with Crippen LogP contribution in [-0.2, 0) is 29.0 Å². The Hall–Kier alpha value is -5.68. The van der Waals surface area contributed by atoms with Crippen molar-refractivity contribution in [2.75, 3.05) is 47.6 Å². The van der Waals surface area contributed by atoms with Crippen molar-refractivity contribution in [2.45, 2.75) is 100 Å². The van der Waals surface area contributed by atoms with E-state index in [0.29, 0.717) is 28.2 Å². The van der Waals surface area contributed by atoms with Crippen molar-refractivity contribution in [1.29, 1.82) is 0 Å². The molecule has 5 aromatic rings. The van der Waals surface area contributed by atoms with Gasteiger partial charge in [-0.15, -0.1) is 0 Å². The average Bonchev–Trinajstić information content (AvgIpc) is 3.82. The largest absolute Gasteiger partial charge is 0.497 e. The first kappa shape index (κ1) is 53.1. The molecular weight excluding hydrogens is 951 g/mol. The van der Waals surface area contributed by atoms with Crippen LogP contribution in [-0.4, -0.2) is 117 Å². The van der Waals surface area contributed by atoms with Crippen LogP contribution < -0.4 is 32.0 Å². The predicted molar refractivity (Wildman–Crippen MR) is 257 cm³/mol. The van der Waals surface area contributed by atoms with Gasteiger partial charge in [0.15, 0.2) is 26.9 Å². The Labute approximate surface area is 408 Å². The molecule has 3 aromatic carbocycles. The summed E-state index contributed by atoms with van der Waals surface area (Å²) < 4.78 is 107. The first-order valence-electron chi connectivity index (χ1n) is 23.2. The number of rotatable bonds is 19. The maximum atomic E-state index is 17.4. The van der Waals surface area contributed by atoms with Gasteiger partial charge in [0, 0.05) is 44.1 Å². The van der Waals surface area contributed by atoms with Crippen LogP contribution in [0.2, 0.25) is 18.1 Å². The third-order valence-corrected chi connectivity index (χ3v) is 18.2. The van der Waals surface area contributed by atoms with Crippen molar-refractivity contribution < 1.29 is 50.4 Å². The summed E-state index contributed by atoms with van der Waals surface area (Å²) in [6.45, 7) is 7.35. The number of ether oxygens (including phenoxy) is 6. The lowest BCUT2D eigenvalue weighted by Gasteiger charge is -2.41. The standard InChI is InChI=1S/C50H61F4N5O11Si/c1-48(2,3)71(7,8)70-42-37(68-45(43(42)66-6)59-27-24-40(61)56-47(59)63)28-57(30-49(52,53)54)25-22-36-38(69-44(41(36)51)58-26-23-39(60)55-46(58)62)29-67-50(31-12-10-9-11-13-31,32-14-18-34(64-4)19-15-32)33-16-20-35(65-5)21-17-33/h9-21,23-24,26-27,36-38,41-45H,22,25,28-30H2,1-8H3,(H,55,60,62)(H,56,61,63)/t36-,37-,38-,41-,42-,43-,44-,45-/m1/s1. The topological polar surface area (TPSA) is 178 Å². The number of aromatic nitrogens is 4. The van der Waals surface area contributed by atoms with Gasteiger partial charge in [-0.3, -0.25) is 33.6 Å². The molecular formula is C50H61F4N5O11Si. The van der Waals surface area contributed by atoms with E-state index in [4.69, 9.17) is 32.8 Å². The highest BCUT2D eigenvalue weighted by molar-refractivity contribution is 6.74. The van der Waals surface area contributed by atoms with E-state index in [0.717, 1.165) is 32.4 Å². The number of H-pyrrole nitrogens is 2. The summed E-state index contributed by atoms with van der Waals surface area (Å²) in [5.74, 6) is -0.0540. The number of halogens is 4. The van der Waals surface area contributed by atoms with E-state index in [1.165, 1.54) is 27.5 Å². The SMILES string of the molecule is COc1ccc(C(OC[C@H]2O[C@@H](n3ccc(=O)[nH]c3=O)[C@H](F)[C@@H]2CCN(C[C@H]2O[C@@H](n3ccc(=O)[nH]c3=O)[C@H](OC)[C@@H]2O[Si](C)(C)C(C)(C)C)CC(F)(F)F)(c2ccccc2)c2ccc(OC)cc2)cc1. The molecule has 2 N–H and O–H groups in total. The van der Waals surface area contributed by atoms with Gasteiger partial charge < -0.3 is 32.8 Å². The van der Waals surface area contributed by atoms with Crippen LogP contribution in [0.15, 0.2) is 123 Å². The molecule has 0 spiro atoms. The Bertz CT molecular complexity index is 2750. The van der Waals surface area contributed by atoms with E-state index in [-0.39, 0.29) is 24.6 Å². The van der Waals surface area contributed by atoms with Crippen molar-refractivity contribution in [3.63, 3.8) is 0 Å². The van der Waals surface area contributed by atoms with Crippen LogP contribution in [0.3, 0.4) is 0 Å². The Morgan fingerprint density at radius 3 is 1.68 bits per heavy atom. The van der Waals surface area contributed by atoms with Crippen molar-refractivity contribution in [3.05, 3.63) is 162 Å². The minimum atomic E-state index is -4.74. The van der Waals surface area contributed by atoms with Crippen LogP contribution in [0.5, 0.6) is 11.5 Å². The highest BCUT2D eigenvalue weighted by atomic mass is 28.4.